The van der Waals surface area contributed by atoms with Crippen molar-refractivity contribution < 1.29 is 22.8 Å². The van der Waals surface area contributed by atoms with Gasteiger partial charge in [0.25, 0.3) is 0 Å². The molecule has 0 spiro atoms. The van der Waals surface area contributed by atoms with Crippen molar-refractivity contribution in [3.63, 3.8) is 0 Å². The second-order valence-electron chi connectivity index (χ2n) is 4.98. The van der Waals surface area contributed by atoms with E-state index >= 15 is 0 Å². The first-order valence-electron chi connectivity index (χ1n) is 6.44. The van der Waals surface area contributed by atoms with Crippen molar-refractivity contribution in [2.45, 2.75) is 25.3 Å². The molecular formula is C14H16N2O5S. The fourth-order valence-electron chi connectivity index (χ4n) is 1.98. The van der Waals surface area contributed by atoms with E-state index in [1.165, 1.54) is 19.2 Å². The molecule has 0 aliphatic carbocycles. The summed E-state index contributed by atoms with van der Waals surface area (Å²) in [6.07, 6.45) is 0. The molecule has 1 aromatic heterocycles. The third-order valence-electron chi connectivity index (χ3n) is 3.18. The zero-order valence-corrected chi connectivity index (χ0v) is 13.2. The first kappa shape index (κ1) is 16.2. The number of carboxylic acid groups (broad SMARTS) is 1. The van der Waals surface area contributed by atoms with Gasteiger partial charge in [-0.3, -0.25) is 0 Å². The van der Waals surface area contributed by atoms with Gasteiger partial charge in [0.1, 0.15) is 5.76 Å². The Morgan fingerprint density at radius 2 is 2.00 bits per heavy atom. The van der Waals surface area contributed by atoms with Gasteiger partial charge < -0.3 is 9.63 Å². The van der Waals surface area contributed by atoms with Gasteiger partial charge in [-0.15, -0.1) is 0 Å². The summed E-state index contributed by atoms with van der Waals surface area (Å²) in [4.78, 5) is 11.0. The first-order chi connectivity index (χ1) is 10.2. The summed E-state index contributed by atoms with van der Waals surface area (Å²) < 4.78 is 31.2. The van der Waals surface area contributed by atoms with E-state index in [0.717, 1.165) is 10.4 Å². The van der Waals surface area contributed by atoms with Crippen LogP contribution in [0.1, 0.15) is 27.4 Å². The molecule has 7 nitrogen and oxygen atoms in total. The van der Waals surface area contributed by atoms with Crippen molar-refractivity contribution in [3.8, 4) is 0 Å². The summed E-state index contributed by atoms with van der Waals surface area (Å²) in [5.74, 6) is -0.587. The molecule has 0 amide bonds. The molecule has 1 heterocycles. The lowest BCUT2D eigenvalue weighted by molar-refractivity contribution is 0.0696. The Morgan fingerprint density at radius 3 is 2.55 bits per heavy atom. The van der Waals surface area contributed by atoms with Gasteiger partial charge in [0.15, 0.2) is 0 Å². The van der Waals surface area contributed by atoms with E-state index in [1.54, 1.807) is 19.9 Å². The van der Waals surface area contributed by atoms with Gasteiger partial charge in [0, 0.05) is 13.1 Å². The highest BCUT2D eigenvalue weighted by Crippen LogP contribution is 2.22. The van der Waals surface area contributed by atoms with Gasteiger partial charge in [0.05, 0.1) is 22.7 Å². The van der Waals surface area contributed by atoms with E-state index in [0.29, 0.717) is 17.0 Å². The Balaban J connectivity index is 2.37. The molecule has 0 aliphatic heterocycles. The van der Waals surface area contributed by atoms with Crippen LogP contribution < -0.4 is 0 Å². The minimum Gasteiger partial charge on any atom is -0.478 e. The Labute approximate surface area is 128 Å². The Morgan fingerprint density at radius 1 is 1.32 bits per heavy atom. The second-order valence-corrected chi connectivity index (χ2v) is 6.99. The Bertz CT molecular complexity index is 810. The second kappa shape index (κ2) is 5.90. The first-order valence-corrected chi connectivity index (χ1v) is 7.88. The molecule has 1 aromatic carbocycles. The fraction of sp³-hybridized carbons (Fsp3) is 0.286. The summed E-state index contributed by atoms with van der Waals surface area (Å²) in [6.45, 7) is 3.37. The number of aromatic nitrogens is 1. The van der Waals surface area contributed by atoms with E-state index in [2.05, 4.69) is 5.16 Å². The van der Waals surface area contributed by atoms with Crippen LogP contribution >= 0.6 is 0 Å². The molecule has 1 N–H and O–H groups in total. The normalized spacial score (nSPS) is 11.8. The lowest BCUT2D eigenvalue weighted by Gasteiger charge is -2.17. The van der Waals surface area contributed by atoms with E-state index in [1.807, 2.05) is 0 Å². The van der Waals surface area contributed by atoms with Crippen LogP contribution in [0.25, 0.3) is 0 Å². The molecule has 2 aromatic rings. The summed E-state index contributed by atoms with van der Waals surface area (Å²) in [5, 5.41) is 12.8. The Hall–Kier alpha value is -2.19. The molecule has 0 saturated carbocycles. The molecule has 0 bridgehead atoms. The minimum atomic E-state index is -3.83. The third-order valence-corrected chi connectivity index (χ3v) is 5.13. The third kappa shape index (κ3) is 3.18. The molecule has 0 unspecified atom stereocenters. The molecule has 0 aliphatic rings. The molecule has 0 atom stereocenters. The molecule has 0 fully saturated rings. The number of nitrogens with zero attached hydrogens (tertiary/aromatic N) is 2. The average molecular weight is 324 g/mol. The molecule has 0 radical (unpaired) electrons. The van der Waals surface area contributed by atoms with Crippen LogP contribution in [0.4, 0.5) is 0 Å². The maximum atomic E-state index is 12.6. The van der Waals surface area contributed by atoms with Crippen LogP contribution in [0.2, 0.25) is 0 Å². The van der Waals surface area contributed by atoms with Crippen molar-refractivity contribution in [1.29, 1.82) is 0 Å². The van der Waals surface area contributed by atoms with Gasteiger partial charge in [0.2, 0.25) is 10.0 Å². The highest BCUT2D eigenvalue weighted by atomic mass is 32.2. The molecule has 8 heteroatoms. The zero-order chi connectivity index (χ0) is 16.5. The van der Waals surface area contributed by atoms with E-state index in [9.17, 15) is 13.2 Å². The summed E-state index contributed by atoms with van der Waals surface area (Å²) in [7, 11) is -2.42. The molecule has 22 heavy (non-hydrogen) atoms. The number of carbonyl (C=O) groups is 1. The van der Waals surface area contributed by atoms with Crippen molar-refractivity contribution in [3.05, 3.63) is 46.8 Å². The molecular weight excluding hydrogens is 308 g/mol. The highest BCUT2D eigenvalue weighted by molar-refractivity contribution is 7.89. The largest absolute Gasteiger partial charge is 0.478 e. The number of aromatic carboxylic acids is 1. The quantitative estimate of drug-likeness (QED) is 0.900. The monoisotopic (exact) mass is 324 g/mol. The van der Waals surface area contributed by atoms with E-state index < -0.39 is 16.0 Å². The lowest BCUT2D eigenvalue weighted by atomic mass is 10.1. The van der Waals surface area contributed by atoms with Crippen LogP contribution in [0.5, 0.6) is 0 Å². The number of rotatable bonds is 5. The number of hydrogen-bond donors (Lipinski definition) is 1. The molecule has 0 saturated heterocycles. The zero-order valence-electron chi connectivity index (χ0n) is 12.4. The molecule has 2 rings (SSSR count). The minimum absolute atomic E-state index is 0.0323. The van der Waals surface area contributed by atoms with Crippen molar-refractivity contribution >= 4 is 16.0 Å². The summed E-state index contributed by atoms with van der Waals surface area (Å²) in [6, 6.07) is 5.66. The fourth-order valence-corrected chi connectivity index (χ4v) is 3.37. The van der Waals surface area contributed by atoms with E-state index in [-0.39, 0.29) is 17.0 Å². The number of hydrogen-bond acceptors (Lipinski definition) is 5. The van der Waals surface area contributed by atoms with Crippen LogP contribution in [0, 0.1) is 13.8 Å². The number of aryl methyl sites for hydroxylation is 2. The smallest absolute Gasteiger partial charge is 0.335 e. The summed E-state index contributed by atoms with van der Waals surface area (Å²) >= 11 is 0. The van der Waals surface area contributed by atoms with Gasteiger partial charge in [-0.1, -0.05) is 11.2 Å². The van der Waals surface area contributed by atoms with Crippen molar-refractivity contribution in [2.75, 3.05) is 7.05 Å². The molecule has 118 valence electrons. The maximum absolute atomic E-state index is 12.6. The number of sulfonamides is 1. The van der Waals surface area contributed by atoms with Crippen molar-refractivity contribution in [2.24, 2.45) is 0 Å². The van der Waals surface area contributed by atoms with E-state index in [4.69, 9.17) is 9.63 Å². The Kier molecular flexibility index (Phi) is 4.34. The standard InChI is InChI=1S/C14H16N2O5S/c1-9-4-5-11(14(17)18)7-13(9)22(19,20)16(3)8-12-6-10(2)21-15-12/h4-7H,8H2,1-3H3,(H,17,18). The maximum Gasteiger partial charge on any atom is 0.335 e. The average Bonchev–Trinajstić information content (AvgIpc) is 2.84. The van der Waals surface area contributed by atoms with Crippen LogP contribution in [0.3, 0.4) is 0 Å². The van der Waals surface area contributed by atoms with Crippen LogP contribution in [0.15, 0.2) is 33.7 Å². The SMILES string of the molecule is Cc1cc(CN(C)S(=O)(=O)c2cc(C(=O)O)ccc2C)no1. The number of carboxylic acids is 1. The van der Waals surface area contributed by atoms with Gasteiger partial charge >= 0.3 is 5.97 Å². The number of benzene rings is 1. The van der Waals surface area contributed by atoms with Gasteiger partial charge in [-0.2, -0.15) is 4.31 Å². The van der Waals surface area contributed by atoms with Crippen LogP contribution in [-0.2, 0) is 16.6 Å². The lowest BCUT2D eigenvalue weighted by Crippen LogP contribution is -2.27. The van der Waals surface area contributed by atoms with Crippen molar-refractivity contribution in [1.82, 2.24) is 9.46 Å². The highest BCUT2D eigenvalue weighted by Gasteiger charge is 2.25. The van der Waals surface area contributed by atoms with Gasteiger partial charge in [-0.25, -0.2) is 13.2 Å². The predicted octanol–water partition coefficient (Wildman–Crippen LogP) is 1.81. The van der Waals surface area contributed by atoms with Crippen LogP contribution in [-0.4, -0.2) is 36.0 Å². The predicted molar refractivity (Wildman–Crippen MR) is 78.0 cm³/mol. The topological polar surface area (TPSA) is 101 Å². The van der Waals surface area contributed by atoms with Gasteiger partial charge in [-0.05, 0) is 31.5 Å². The summed E-state index contributed by atoms with van der Waals surface area (Å²) in [5.41, 5.74) is 0.888.